The minimum absolute atomic E-state index is 0.740. The van der Waals surface area contributed by atoms with Crippen molar-refractivity contribution in [3.8, 4) is 0 Å². The number of halogens is 1. The normalized spacial score (nSPS) is 10.1. The van der Waals surface area contributed by atoms with Gasteiger partial charge in [-0.25, -0.2) is 0 Å². The maximum Gasteiger partial charge on any atom is 0.225 e. The molecule has 1 aromatic heterocycles. The molecule has 1 aromatic carbocycles. The van der Waals surface area contributed by atoms with Gasteiger partial charge in [0, 0.05) is 22.5 Å². The van der Waals surface area contributed by atoms with Crippen molar-refractivity contribution >= 4 is 32.6 Å². The molecule has 0 spiro atoms. The summed E-state index contributed by atoms with van der Waals surface area (Å²) >= 11 is 4.64. The molecule has 0 aliphatic heterocycles. The summed E-state index contributed by atoms with van der Waals surface area (Å²) in [5.41, 5.74) is 1.20. The average molecular weight is 271 g/mol. The SMILES string of the molecule is Brc1ccc(CNc2nnns2)cc1. The highest BCUT2D eigenvalue weighted by Crippen LogP contribution is 2.12. The Bertz CT molecular complexity index is 386. The molecule has 1 N–H and O–H groups in total. The molecule has 0 atom stereocenters. The third-order valence-electron chi connectivity index (χ3n) is 1.66. The Hall–Kier alpha value is -1.01. The smallest absolute Gasteiger partial charge is 0.225 e. The molecule has 0 unspecified atom stereocenters. The monoisotopic (exact) mass is 270 g/mol. The first-order valence-electron chi connectivity index (χ1n) is 3.98. The van der Waals surface area contributed by atoms with Crippen molar-refractivity contribution in [2.24, 2.45) is 0 Å². The highest BCUT2D eigenvalue weighted by atomic mass is 79.9. The summed E-state index contributed by atoms with van der Waals surface area (Å²) in [6.45, 7) is 0.740. The van der Waals surface area contributed by atoms with E-state index in [0.717, 1.165) is 16.1 Å². The standard InChI is InChI=1S/C8H7BrN4S/c9-7-3-1-6(2-4-7)5-10-8-11-12-13-14-8/h1-4H,5H2,(H,10,11,13). The van der Waals surface area contributed by atoms with Gasteiger partial charge in [-0.3, -0.25) is 0 Å². The van der Waals surface area contributed by atoms with Crippen LogP contribution in [0, 0.1) is 0 Å². The van der Waals surface area contributed by atoms with Crippen LogP contribution >= 0.6 is 27.5 Å². The molecule has 2 rings (SSSR count). The van der Waals surface area contributed by atoms with Crippen molar-refractivity contribution in [2.45, 2.75) is 6.54 Å². The molecule has 0 saturated carbocycles. The summed E-state index contributed by atoms with van der Waals surface area (Å²) in [6.07, 6.45) is 0. The van der Waals surface area contributed by atoms with Crippen LogP contribution in [0.4, 0.5) is 5.13 Å². The Morgan fingerprint density at radius 1 is 1.29 bits per heavy atom. The zero-order chi connectivity index (χ0) is 9.80. The molecule has 6 heteroatoms. The number of benzene rings is 1. The Morgan fingerprint density at radius 2 is 2.07 bits per heavy atom. The van der Waals surface area contributed by atoms with Gasteiger partial charge in [0.1, 0.15) is 0 Å². The van der Waals surface area contributed by atoms with Crippen LogP contribution < -0.4 is 5.32 Å². The first-order chi connectivity index (χ1) is 6.84. The molecular weight excluding hydrogens is 264 g/mol. The maximum absolute atomic E-state index is 3.79. The number of nitrogens with zero attached hydrogens (tertiary/aromatic N) is 3. The minimum Gasteiger partial charge on any atom is -0.355 e. The van der Waals surface area contributed by atoms with Gasteiger partial charge < -0.3 is 5.32 Å². The fraction of sp³-hybridized carbons (Fsp3) is 0.125. The van der Waals surface area contributed by atoms with E-state index in [-0.39, 0.29) is 0 Å². The van der Waals surface area contributed by atoms with Gasteiger partial charge in [0.15, 0.2) is 0 Å². The van der Waals surface area contributed by atoms with E-state index in [2.05, 4.69) is 36.0 Å². The number of nitrogens with one attached hydrogen (secondary N) is 1. The van der Waals surface area contributed by atoms with Gasteiger partial charge in [-0.15, -0.1) is 0 Å². The Morgan fingerprint density at radius 3 is 2.71 bits per heavy atom. The highest BCUT2D eigenvalue weighted by molar-refractivity contribution is 9.10. The summed E-state index contributed by atoms with van der Waals surface area (Å²) in [6, 6.07) is 8.11. The van der Waals surface area contributed by atoms with Crippen LogP contribution in [0.15, 0.2) is 28.7 Å². The van der Waals surface area contributed by atoms with Gasteiger partial charge in [-0.2, -0.15) is 0 Å². The van der Waals surface area contributed by atoms with E-state index in [4.69, 9.17) is 0 Å². The van der Waals surface area contributed by atoms with Crippen LogP contribution in [0.3, 0.4) is 0 Å². The second-order valence-electron chi connectivity index (χ2n) is 2.65. The Kier molecular flexibility index (Phi) is 3.05. The van der Waals surface area contributed by atoms with Crippen LogP contribution in [0.25, 0.3) is 0 Å². The van der Waals surface area contributed by atoms with Crippen LogP contribution in [0.2, 0.25) is 0 Å². The van der Waals surface area contributed by atoms with Crippen molar-refractivity contribution in [3.63, 3.8) is 0 Å². The minimum atomic E-state index is 0.740. The van der Waals surface area contributed by atoms with Gasteiger partial charge in [0.05, 0.1) is 0 Å². The van der Waals surface area contributed by atoms with Crippen molar-refractivity contribution < 1.29 is 0 Å². The predicted molar refractivity (Wildman–Crippen MR) is 59.2 cm³/mol. The number of aromatic nitrogens is 3. The van der Waals surface area contributed by atoms with Gasteiger partial charge >= 0.3 is 0 Å². The van der Waals surface area contributed by atoms with Crippen molar-refractivity contribution in [2.75, 3.05) is 5.32 Å². The quantitative estimate of drug-likeness (QED) is 0.930. The van der Waals surface area contributed by atoms with Gasteiger partial charge in [0.2, 0.25) is 5.13 Å². The number of rotatable bonds is 3. The van der Waals surface area contributed by atoms with Crippen molar-refractivity contribution in [1.29, 1.82) is 0 Å². The Balaban J connectivity index is 1.95. The number of hydrogen-bond acceptors (Lipinski definition) is 5. The van der Waals surface area contributed by atoms with E-state index in [9.17, 15) is 0 Å². The summed E-state index contributed by atoms with van der Waals surface area (Å²) in [5, 5.41) is 11.2. The molecule has 0 aliphatic carbocycles. The molecule has 14 heavy (non-hydrogen) atoms. The lowest BCUT2D eigenvalue weighted by atomic mass is 10.2. The van der Waals surface area contributed by atoms with Crippen LogP contribution in [0.1, 0.15) is 5.56 Å². The molecule has 0 radical (unpaired) electrons. The van der Waals surface area contributed by atoms with Gasteiger partial charge in [0.25, 0.3) is 0 Å². The molecule has 0 amide bonds. The van der Waals surface area contributed by atoms with E-state index >= 15 is 0 Å². The van der Waals surface area contributed by atoms with Gasteiger partial charge in [-0.05, 0) is 22.9 Å². The summed E-state index contributed by atoms with van der Waals surface area (Å²) in [5.74, 6) is 0. The van der Waals surface area contributed by atoms with Crippen molar-refractivity contribution in [3.05, 3.63) is 34.3 Å². The van der Waals surface area contributed by atoms with Gasteiger partial charge in [-0.1, -0.05) is 37.6 Å². The summed E-state index contributed by atoms with van der Waals surface area (Å²) in [4.78, 5) is 0. The molecule has 2 aromatic rings. The zero-order valence-corrected chi connectivity index (χ0v) is 9.55. The fourth-order valence-corrected chi connectivity index (χ4v) is 1.61. The molecule has 1 heterocycles. The molecule has 0 bridgehead atoms. The lowest BCUT2D eigenvalue weighted by Gasteiger charge is -2.01. The largest absolute Gasteiger partial charge is 0.355 e. The van der Waals surface area contributed by atoms with E-state index in [0.29, 0.717) is 0 Å². The maximum atomic E-state index is 3.79. The molecule has 0 saturated heterocycles. The molecule has 72 valence electrons. The predicted octanol–water partition coefficient (Wildman–Crippen LogP) is 2.31. The molecular formula is C8H7BrN4S. The fourth-order valence-electron chi connectivity index (χ4n) is 0.982. The first kappa shape index (κ1) is 9.54. The van der Waals surface area contributed by atoms with Crippen LogP contribution in [-0.4, -0.2) is 14.8 Å². The second-order valence-corrected chi connectivity index (χ2v) is 4.30. The second kappa shape index (κ2) is 4.47. The topological polar surface area (TPSA) is 50.7 Å². The third kappa shape index (κ3) is 2.49. The summed E-state index contributed by atoms with van der Waals surface area (Å²) < 4.78 is 4.74. The third-order valence-corrected chi connectivity index (χ3v) is 2.74. The van der Waals surface area contributed by atoms with E-state index in [1.165, 1.54) is 17.1 Å². The Labute approximate surface area is 93.6 Å². The van der Waals surface area contributed by atoms with E-state index in [1.807, 2.05) is 24.3 Å². The van der Waals surface area contributed by atoms with Crippen molar-refractivity contribution in [1.82, 2.24) is 14.8 Å². The van der Waals surface area contributed by atoms with Crippen LogP contribution in [-0.2, 0) is 6.54 Å². The van der Waals surface area contributed by atoms with E-state index < -0.39 is 0 Å². The average Bonchev–Trinajstić information content (AvgIpc) is 2.70. The first-order valence-corrected chi connectivity index (χ1v) is 5.54. The molecule has 0 fully saturated rings. The van der Waals surface area contributed by atoms with Crippen LogP contribution in [0.5, 0.6) is 0 Å². The molecule has 4 nitrogen and oxygen atoms in total. The summed E-state index contributed by atoms with van der Waals surface area (Å²) in [7, 11) is 0. The lowest BCUT2D eigenvalue weighted by Crippen LogP contribution is -1.98. The van der Waals surface area contributed by atoms with E-state index in [1.54, 1.807) is 0 Å². The number of anilines is 1. The lowest BCUT2D eigenvalue weighted by molar-refractivity contribution is 0.950. The highest BCUT2D eigenvalue weighted by Gasteiger charge is 1.97. The zero-order valence-electron chi connectivity index (χ0n) is 7.14. The number of hydrogen-bond donors (Lipinski definition) is 1. The molecule has 0 aliphatic rings.